The highest BCUT2D eigenvalue weighted by Gasteiger charge is 2.37. The van der Waals surface area contributed by atoms with Gasteiger partial charge in [-0.1, -0.05) is 33.3 Å². The average molecular weight is 457 g/mol. The summed E-state index contributed by atoms with van der Waals surface area (Å²) < 4.78 is 13.6. The zero-order chi connectivity index (χ0) is 23.8. The summed E-state index contributed by atoms with van der Waals surface area (Å²) in [5, 5.41) is 12.7. The van der Waals surface area contributed by atoms with Crippen molar-refractivity contribution in [3.8, 4) is 0 Å². The molecule has 1 aliphatic carbocycles. The van der Waals surface area contributed by atoms with Gasteiger partial charge in [-0.25, -0.2) is 9.37 Å². The number of aromatic nitrogens is 2. The fourth-order valence-corrected chi connectivity index (χ4v) is 4.62. The van der Waals surface area contributed by atoms with Crippen molar-refractivity contribution in [3.05, 3.63) is 41.8 Å². The monoisotopic (exact) mass is 456 g/mol. The van der Waals surface area contributed by atoms with E-state index in [0.29, 0.717) is 24.1 Å². The number of halogens is 1. The van der Waals surface area contributed by atoms with Gasteiger partial charge in [-0.15, -0.1) is 0 Å². The van der Waals surface area contributed by atoms with Crippen molar-refractivity contribution in [2.75, 3.05) is 30.8 Å². The molecular weight excluding hydrogens is 419 g/mol. The van der Waals surface area contributed by atoms with Crippen LogP contribution in [-0.4, -0.2) is 42.1 Å². The van der Waals surface area contributed by atoms with Crippen LogP contribution in [0.5, 0.6) is 0 Å². The van der Waals surface area contributed by atoms with E-state index in [4.69, 9.17) is 4.98 Å². The van der Waals surface area contributed by atoms with Gasteiger partial charge in [0.25, 0.3) is 0 Å². The number of rotatable bonds is 10. The van der Waals surface area contributed by atoms with Gasteiger partial charge in [0, 0.05) is 30.0 Å². The Morgan fingerprint density at radius 3 is 2.82 bits per heavy atom. The van der Waals surface area contributed by atoms with Gasteiger partial charge in [0.1, 0.15) is 11.6 Å². The third-order valence-electron chi connectivity index (χ3n) is 6.50. The molecule has 1 aromatic carbocycles. The molecule has 4 N–H and O–H groups in total. The Morgan fingerprint density at radius 1 is 1.27 bits per heavy atom. The maximum absolute atomic E-state index is 13.6. The summed E-state index contributed by atoms with van der Waals surface area (Å²) in [5.41, 5.74) is 1.49. The molecule has 0 aliphatic heterocycles. The number of benzene rings is 1. The molecule has 1 fully saturated rings. The normalized spacial score (nSPS) is 18.6. The molecule has 0 unspecified atom stereocenters. The van der Waals surface area contributed by atoms with E-state index < -0.39 is 0 Å². The average Bonchev–Trinajstić information content (AvgIpc) is 2.78. The first kappa shape index (κ1) is 24.9. The van der Waals surface area contributed by atoms with Crippen LogP contribution >= 0.6 is 0 Å². The highest BCUT2D eigenvalue weighted by molar-refractivity contribution is 5.78. The van der Waals surface area contributed by atoms with Crippen molar-refractivity contribution in [2.45, 2.75) is 64.3 Å². The maximum atomic E-state index is 13.6. The van der Waals surface area contributed by atoms with Crippen LogP contribution in [0.25, 0.3) is 0 Å². The van der Waals surface area contributed by atoms with Gasteiger partial charge in [0.05, 0.1) is 6.54 Å². The first-order chi connectivity index (χ1) is 15.8. The highest BCUT2D eigenvalue weighted by Crippen LogP contribution is 2.43. The largest absolute Gasteiger partial charge is 0.370 e. The Morgan fingerprint density at radius 2 is 2.09 bits per heavy atom. The van der Waals surface area contributed by atoms with Crippen LogP contribution in [0.15, 0.2) is 30.5 Å². The smallest absolute Gasteiger partial charge is 0.234 e. The molecule has 0 spiro atoms. The summed E-state index contributed by atoms with van der Waals surface area (Å²) in [5.74, 6) is 1.36. The second-order valence-corrected chi connectivity index (χ2v) is 9.40. The number of carbonyl (C=O) groups is 1. The fourth-order valence-electron chi connectivity index (χ4n) is 4.62. The molecule has 0 bridgehead atoms. The Bertz CT molecular complexity index is 935. The minimum Gasteiger partial charge on any atom is -0.370 e. The molecule has 0 radical (unpaired) electrons. The van der Waals surface area contributed by atoms with Crippen molar-refractivity contribution in [2.24, 2.45) is 5.92 Å². The van der Waals surface area contributed by atoms with Crippen LogP contribution in [0.2, 0.25) is 0 Å². The topological polar surface area (TPSA) is 91.0 Å². The maximum Gasteiger partial charge on any atom is 0.234 e. The predicted octanol–water partition coefficient (Wildman–Crippen LogP) is 4.35. The third-order valence-corrected chi connectivity index (χ3v) is 6.50. The van der Waals surface area contributed by atoms with E-state index in [0.717, 1.165) is 50.0 Å². The zero-order valence-corrected chi connectivity index (χ0v) is 20.2. The van der Waals surface area contributed by atoms with Gasteiger partial charge < -0.3 is 21.3 Å². The summed E-state index contributed by atoms with van der Waals surface area (Å²) in [7, 11) is 1.78. The molecule has 3 rings (SSSR count). The highest BCUT2D eigenvalue weighted by atomic mass is 19.1. The summed E-state index contributed by atoms with van der Waals surface area (Å²) in [4.78, 5) is 21.4. The van der Waals surface area contributed by atoms with E-state index in [2.05, 4.69) is 47.0 Å². The first-order valence-corrected chi connectivity index (χ1v) is 11.9. The number of nitrogens with zero attached hydrogens (tertiary/aromatic N) is 2. The van der Waals surface area contributed by atoms with Gasteiger partial charge in [0.2, 0.25) is 11.9 Å². The SMILES string of the molecule is CCCNc1nc(Nc2cccc(F)c2)ncc1C(C)(C)[C@@H]1CCC[C@H](NC(=O)CNC)C1. The molecular formula is C25H37FN6O. The Balaban J connectivity index is 1.81. The quantitative estimate of drug-likeness (QED) is 0.425. The van der Waals surface area contributed by atoms with Crippen LogP contribution in [0.3, 0.4) is 0 Å². The minimum atomic E-state index is -0.309. The van der Waals surface area contributed by atoms with E-state index in [1.165, 1.54) is 12.1 Å². The molecule has 1 amide bonds. The zero-order valence-electron chi connectivity index (χ0n) is 20.2. The van der Waals surface area contributed by atoms with Crippen LogP contribution in [0.1, 0.15) is 58.4 Å². The Hall–Kier alpha value is -2.74. The Kier molecular flexibility index (Phi) is 8.61. The number of hydrogen-bond donors (Lipinski definition) is 4. The number of carbonyl (C=O) groups excluding carboxylic acids is 1. The molecule has 1 saturated carbocycles. The molecule has 2 atom stereocenters. The van der Waals surface area contributed by atoms with E-state index in [9.17, 15) is 9.18 Å². The van der Waals surface area contributed by atoms with Crippen LogP contribution < -0.4 is 21.3 Å². The van der Waals surface area contributed by atoms with Gasteiger partial charge in [-0.3, -0.25) is 4.79 Å². The molecule has 7 nitrogen and oxygen atoms in total. The van der Waals surface area contributed by atoms with Crippen molar-refractivity contribution in [1.29, 1.82) is 0 Å². The molecule has 1 heterocycles. The fraction of sp³-hybridized carbons (Fsp3) is 0.560. The van der Waals surface area contributed by atoms with E-state index >= 15 is 0 Å². The van der Waals surface area contributed by atoms with Crippen LogP contribution in [-0.2, 0) is 10.2 Å². The molecule has 180 valence electrons. The first-order valence-electron chi connectivity index (χ1n) is 11.9. The number of anilines is 3. The van der Waals surface area contributed by atoms with Crippen LogP contribution in [0, 0.1) is 11.7 Å². The summed E-state index contributed by atoms with van der Waals surface area (Å²) in [6.07, 6.45) is 6.97. The van der Waals surface area contributed by atoms with Gasteiger partial charge in [0.15, 0.2) is 0 Å². The second-order valence-electron chi connectivity index (χ2n) is 9.40. The lowest BCUT2D eigenvalue weighted by Gasteiger charge is -2.41. The third kappa shape index (κ3) is 6.63. The summed E-state index contributed by atoms with van der Waals surface area (Å²) in [6.45, 7) is 7.73. The van der Waals surface area contributed by atoms with E-state index in [1.807, 2.05) is 6.20 Å². The predicted molar refractivity (Wildman–Crippen MR) is 131 cm³/mol. The van der Waals surface area contributed by atoms with Crippen molar-refractivity contribution < 1.29 is 9.18 Å². The van der Waals surface area contributed by atoms with Gasteiger partial charge in [-0.05, 0) is 62.3 Å². The minimum absolute atomic E-state index is 0.0439. The van der Waals surface area contributed by atoms with Gasteiger partial charge in [-0.2, -0.15) is 4.98 Å². The van der Waals surface area contributed by atoms with Crippen molar-refractivity contribution in [3.63, 3.8) is 0 Å². The number of hydrogen-bond acceptors (Lipinski definition) is 6. The lowest BCUT2D eigenvalue weighted by Crippen LogP contribution is -2.45. The molecule has 8 heteroatoms. The van der Waals surface area contributed by atoms with E-state index in [1.54, 1.807) is 19.2 Å². The number of amides is 1. The van der Waals surface area contributed by atoms with Gasteiger partial charge >= 0.3 is 0 Å². The van der Waals surface area contributed by atoms with Crippen molar-refractivity contribution >= 4 is 23.4 Å². The lowest BCUT2D eigenvalue weighted by atomic mass is 9.66. The standard InChI is InChI=1S/C25H37FN6O/c1-5-12-28-23-21(15-29-24(32-23)31-20-11-7-9-18(26)14-20)25(2,3)17-8-6-10-19(13-17)30-22(33)16-27-4/h7,9,11,14-15,17,19,27H,5-6,8,10,12-13,16H2,1-4H3,(H,30,33)(H2,28,29,31,32)/t17-,19+/m1/s1. The van der Waals surface area contributed by atoms with Crippen molar-refractivity contribution in [1.82, 2.24) is 20.6 Å². The second kappa shape index (κ2) is 11.4. The Labute approximate surface area is 196 Å². The number of nitrogens with one attached hydrogen (secondary N) is 4. The van der Waals surface area contributed by atoms with E-state index in [-0.39, 0.29) is 23.2 Å². The molecule has 0 saturated heterocycles. The molecule has 1 aromatic heterocycles. The summed E-state index contributed by atoms with van der Waals surface area (Å²) in [6, 6.07) is 6.45. The molecule has 33 heavy (non-hydrogen) atoms. The summed E-state index contributed by atoms with van der Waals surface area (Å²) >= 11 is 0. The van der Waals surface area contributed by atoms with Crippen LogP contribution in [0.4, 0.5) is 21.8 Å². The molecule has 1 aliphatic rings. The lowest BCUT2D eigenvalue weighted by molar-refractivity contribution is -0.121. The molecule has 2 aromatic rings. The number of likely N-dealkylation sites (N-methyl/N-ethyl adjacent to an activating group) is 1.